The van der Waals surface area contributed by atoms with Gasteiger partial charge in [0.25, 0.3) is 0 Å². The molecule has 0 aromatic carbocycles. The predicted octanol–water partition coefficient (Wildman–Crippen LogP) is 3.54. The van der Waals surface area contributed by atoms with Gasteiger partial charge in [0.1, 0.15) is 0 Å². The SMILES string of the molecule is CC[Si](O)(CC)c1ccc(-c2ccccn2)nc1.CC[Si](O)(CC)c1ccc(-c2ccccn2)nc1.[OH][Ru][OH]. The summed E-state index contributed by atoms with van der Waals surface area (Å²) in [5.74, 6) is 0. The van der Waals surface area contributed by atoms with Gasteiger partial charge >= 0.3 is 25.7 Å². The summed E-state index contributed by atoms with van der Waals surface area (Å²) in [5, 5.41) is 2.01. The number of aromatic nitrogens is 4. The van der Waals surface area contributed by atoms with Gasteiger partial charge in [-0.3, -0.25) is 19.9 Å². The zero-order valence-electron chi connectivity index (χ0n) is 22.8. The molecule has 0 spiro atoms. The number of nitrogens with zero attached hydrogens (tertiary/aromatic N) is 4. The molecule has 0 atom stereocenters. The maximum absolute atomic E-state index is 10.5. The molecular weight excluding hydrogens is 614 g/mol. The summed E-state index contributed by atoms with van der Waals surface area (Å²) < 4.78 is 14.4. The van der Waals surface area contributed by atoms with Gasteiger partial charge in [-0.05, 0) is 70.9 Å². The fourth-order valence-corrected chi connectivity index (χ4v) is 8.02. The predicted molar refractivity (Wildman–Crippen MR) is 157 cm³/mol. The van der Waals surface area contributed by atoms with E-state index in [0.717, 1.165) is 57.3 Å². The Morgan fingerprint density at radius 3 is 1.10 bits per heavy atom. The minimum absolute atomic E-state index is 0.827. The molecular formula is C28H38N4O4RuSi2. The van der Waals surface area contributed by atoms with Crippen molar-refractivity contribution in [2.24, 2.45) is 0 Å². The molecule has 0 fully saturated rings. The molecule has 0 radical (unpaired) electrons. The van der Waals surface area contributed by atoms with E-state index in [1.54, 1.807) is 12.4 Å². The molecule has 39 heavy (non-hydrogen) atoms. The Kier molecular flexibility index (Phi) is 13.9. The van der Waals surface area contributed by atoms with E-state index in [9.17, 15) is 9.59 Å². The van der Waals surface area contributed by atoms with Crippen LogP contribution in [0, 0.1) is 0 Å². The minimum atomic E-state index is -2.28. The van der Waals surface area contributed by atoms with Crippen molar-refractivity contribution in [1.82, 2.24) is 19.9 Å². The van der Waals surface area contributed by atoms with Crippen molar-refractivity contribution in [3.8, 4) is 22.8 Å². The summed E-state index contributed by atoms with van der Waals surface area (Å²) in [5.41, 5.74) is 3.43. The number of hydrogen-bond acceptors (Lipinski definition) is 8. The molecule has 0 saturated carbocycles. The second kappa shape index (κ2) is 16.6. The van der Waals surface area contributed by atoms with Crippen molar-refractivity contribution >= 4 is 27.0 Å². The molecule has 0 aliphatic heterocycles. The van der Waals surface area contributed by atoms with Crippen LogP contribution in [0.5, 0.6) is 0 Å². The van der Waals surface area contributed by atoms with Crippen molar-refractivity contribution in [2.45, 2.75) is 51.9 Å². The summed E-state index contributed by atoms with van der Waals surface area (Å²) in [6.07, 6.45) is 7.13. The van der Waals surface area contributed by atoms with Crippen molar-refractivity contribution in [3.05, 3.63) is 85.5 Å². The molecule has 0 bridgehead atoms. The Labute approximate surface area is 241 Å². The third-order valence-electron chi connectivity index (χ3n) is 6.80. The van der Waals surface area contributed by atoms with E-state index >= 15 is 0 Å². The van der Waals surface area contributed by atoms with Gasteiger partial charge in [-0.1, -0.05) is 52.0 Å². The number of pyridine rings is 4. The van der Waals surface area contributed by atoms with Crippen LogP contribution in [0.4, 0.5) is 0 Å². The van der Waals surface area contributed by atoms with Gasteiger partial charge in [-0.15, -0.1) is 0 Å². The second-order valence-corrected chi connectivity index (χ2v) is 17.3. The average molecular weight is 652 g/mol. The molecule has 4 aromatic heterocycles. The fraction of sp³-hybridized carbons (Fsp3) is 0.286. The first kappa shape index (κ1) is 32.7. The summed E-state index contributed by atoms with van der Waals surface area (Å²) in [6, 6.07) is 22.7. The topological polar surface area (TPSA) is 132 Å². The molecule has 4 aromatic rings. The van der Waals surface area contributed by atoms with Gasteiger partial charge in [0.15, 0.2) is 0 Å². The van der Waals surface area contributed by atoms with Crippen LogP contribution in [0.25, 0.3) is 22.8 Å². The van der Waals surface area contributed by atoms with E-state index in [4.69, 9.17) is 7.87 Å². The monoisotopic (exact) mass is 652 g/mol. The van der Waals surface area contributed by atoms with Gasteiger partial charge in [0, 0.05) is 24.8 Å². The molecule has 210 valence electrons. The number of hydrogen-bond donors (Lipinski definition) is 4. The van der Waals surface area contributed by atoms with Crippen LogP contribution in [0.1, 0.15) is 27.7 Å². The van der Waals surface area contributed by atoms with E-state index in [1.165, 1.54) is 0 Å². The first-order valence-electron chi connectivity index (χ1n) is 12.9. The molecule has 0 aliphatic rings. The van der Waals surface area contributed by atoms with Crippen molar-refractivity contribution < 1.29 is 35.3 Å². The normalized spacial score (nSPS) is 11.2. The van der Waals surface area contributed by atoms with Gasteiger partial charge in [0.05, 0.1) is 22.8 Å². The van der Waals surface area contributed by atoms with Crippen molar-refractivity contribution in [2.75, 3.05) is 0 Å². The first-order chi connectivity index (χ1) is 18.8. The molecule has 8 nitrogen and oxygen atoms in total. The number of rotatable bonds is 8. The van der Waals surface area contributed by atoms with E-state index < -0.39 is 34.5 Å². The van der Waals surface area contributed by atoms with Crippen LogP contribution in [-0.4, -0.2) is 54.0 Å². The van der Waals surface area contributed by atoms with Crippen LogP contribution in [-0.2, 0) is 17.8 Å². The van der Waals surface area contributed by atoms with Crippen LogP contribution < -0.4 is 10.4 Å². The Balaban J connectivity index is 0.000000249. The van der Waals surface area contributed by atoms with Gasteiger partial charge in [-0.2, -0.15) is 0 Å². The molecule has 0 amide bonds. The fourth-order valence-electron chi connectivity index (χ4n) is 3.99. The van der Waals surface area contributed by atoms with Gasteiger partial charge < -0.3 is 9.59 Å². The van der Waals surface area contributed by atoms with E-state index in [2.05, 4.69) is 19.9 Å². The van der Waals surface area contributed by atoms with Crippen LogP contribution in [0.3, 0.4) is 0 Å². The molecule has 11 heteroatoms. The van der Waals surface area contributed by atoms with Gasteiger partial charge in [0.2, 0.25) is 16.6 Å². The summed E-state index contributed by atoms with van der Waals surface area (Å²) in [6.45, 7) is 8.18. The molecule has 4 rings (SSSR count). The van der Waals surface area contributed by atoms with Crippen LogP contribution in [0.15, 0.2) is 85.5 Å². The first-order valence-corrected chi connectivity index (χ1v) is 19.2. The van der Waals surface area contributed by atoms with E-state index in [-0.39, 0.29) is 0 Å². The summed E-state index contributed by atoms with van der Waals surface area (Å²) in [7, 11) is -4.56. The van der Waals surface area contributed by atoms with E-state index in [0.29, 0.717) is 0 Å². The Morgan fingerprint density at radius 2 is 0.872 bits per heavy atom. The van der Waals surface area contributed by atoms with Crippen molar-refractivity contribution in [3.63, 3.8) is 0 Å². The molecule has 0 saturated heterocycles. The molecule has 4 N–H and O–H groups in total. The molecule has 0 aliphatic carbocycles. The maximum atomic E-state index is 10.5. The van der Waals surface area contributed by atoms with Crippen molar-refractivity contribution in [1.29, 1.82) is 0 Å². The van der Waals surface area contributed by atoms with Crippen LogP contribution >= 0.6 is 0 Å². The van der Waals surface area contributed by atoms with Gasteiger partial charge in [-0.25, -0.2) is 0 Å². The quantitative estimate of drug-likeness (QED) is 0.213. The van der Waals surface area contributed by atoms with E-state index in [1.807, 2.05) is 101 Å². The second-order valence-electron chi connectivity index (χ2n) is 8.84. The Morgan fingerprint density at radius 1 is 0.538 bits per heavy atom. The molecule has 0 unspecified atom stereocenters. The van der Waals surface area contributed by atoms with Crippen LogP contribution in [0.2, 0.25) is 24.2 Å². The Bertz CT molecular complexity index is 1120. The molecule has 4 heterocycles. The zero-order chi connectivity index (χ0) is 28.7. The third-order valence-corrected chi connectivity index (χ3v) is 14.2. The average Bonchev–Trinajstić information content (AvgIpc) is 3.02. The Hall–Kier alpha value is -2.50. The zero-order valence-corrected chi connectivity index (χ0v) is 26.6. The standard InChI is InChI=1S/2C14H18N2OSi.2H2O.Ru/c2*1-3-18(17,4-2)12-8-9-14(16-11-12)13-7-5-6-10-15-13;;;/h2*5-11,17H,3-4H2,1-2H3;2*1H2;/q;;;;+2/p-2. The third kappa shape index (κ3) is 9.28. The summed E-state index contributed by atoms with van der Waals surface area (Å²) >= 11 is -1.29. The summed E-state index contributed by atoms with van der Waals surface area (Å²) in [4.78, 5) is 38.5.